The second-order valence-electron chi connectivity index (χ2n) is 7.35. The molecule has 2 aromatic carbocycles. The molecule has 1 aliphatic rings. The average molecular weight is 404 g/mol. The number of carbonyl (C=O) groups excluding carboxylic acids is 3. The molecule has 154 valence electrons. The van der Waals surface area contributed by atoms with Crippen LogP contribution in [-0.2, 0) is 22.6 Å². The molecule has 7 heteroatoms. The van der Waals surface area contributed by atoms with Crippen molar-refractivity contribution < 1.29 is 14.4 Å². The van der Waals surface area contributed by atoms with Gasteiger partial charge in [0.1, 0.15) is 6.04 Å². The van der Waals surface area contributed by atoms with E-state index in [-0.39, 0.29) is 18.2 Å². The van der Waals surface area contributed by atoms with E-state index in [9.17, 15) is 14.4 Å². The van der Waals surface area contributed by atoms with E-state index in [0.29, 0.717) is 26.1 Å². The van der Waals surface area contributed by atoms with Crippen LogP contribution in [0, 0.1) is 0 Å². The number of fused-ring (bicyclic) bond motifs is 1. The lowest BCUT2D eigenvalue weighted by Crippen LogP contribution is -2.37. The van der Waals surface area contributed by atoms with Gasteiger partial charge in [-0.05, 0) is 29.5 Å². The van der Waals surface area contributed by atoms with Gasteiger partial charge in [0.25, 0.3) is 5.91 Å². The highest BCUT2D eigenvalue weighted by atomic mass is 16.2. The molecule has 0 aliphatic carbocycles. The predicted octanol–water partition coefficient (Wildman–Crippen LogP) is 2.31. The number of nitrogens with one attached hydrogen (secondary N) is 2. The third-order valence-corrected chi connectivity index (χ3v) is 5.32. The first-order valence-corrected chi connectivity index (χ1v) is 10.1. The third-order valence-electron chi connectivity index (χ3n) is 5.32. The molecule has 0 saturated carbocycles. The molecule has 1 aliphatic heterocycles. The van der Waals surface area contributed by atoms with E-state index < -0.39 is 12.1 Å². The number of amides is 4. The lowest BCUT2D eigenvalue weighted by molar-refractivity contribution is -0.130. The summed E-state index contributed by atoms with van der Waals surface area (Å²) < 4.78 is 2.07. The Morgan fingerprint density at radius 1 is 0.967 bits per heavy atom. The van der Waals surface area contributed by atoms with Crippen molar-refractivity contribution in [2.24, 2.45) is 0 Å². The summed E-state index contributed by atoms with van der Waals surface area (Å²) in [4.78, 5) is 38.2. The fraction of sp³-hybridized carbons (Fsp3) is 0.261. The van der Waals surface area contributed by atoms with Crippen molar-refractivity contribution in [3.8, 4) is 0 Å². The van der Waals surface area contributed by atoms with Crippen molar-refractivity contribution in [2.75, 3.05) is 13.1 Å². The molecule has 7 nitrogen and oxygen atoms in total. The Bertz CT molecular complexity index is 1060. The molecule has 2 heterocycles. The van der Waals surface area contributed by atoms with Gasteiger partial charge in [-0.25, -0.2) is 4.79 Å². The fourth-order valence-electron chi connectivity index (χ4n) is 3.72. The normalized spacial score (nSPS) is 16.1. The monoisotopic (exact) mass is 404 g/mol. The van der Waals surface area contributed by atoms with Gasteiger partial charge in [-0.1, -0.05) is 48.5 Å². The minimum absolute atomic E-state index is 0.0567. The van der Waals surface area contributed by atoms with E-state index in [1.807, 2.05) is 66.9 Å². The van der Waals surface area contributed by atoms with Gasteiger partial charge in [0.2, 0.25) is 5.91 Å². The van der Waals surface area contributed by atoms with Crippen LogP contribution in [0.4, 0.5) is 4.79 Å². The number of rotatable bonds is 8. The molecule has 0 spiro atoms. The maximum absolute atomic E-state index is 12.5. The van der Waals surface area contributed by atoms with Gasteiger partial charge in [-0.15, -0.1) is 0 Å². The average Bonchev–Trinajstić information content (AvgIpc) is 3.28. The molecule has 0 radical (unpaired) electrons. The zero-order valence-corrected chi connectivity index (χ0v) is 16.6. The molecule has 1 fully saturated rings. The highest BCUT2D eigenvalue weighted by Gasteiger charge is 2.38. The van der Waals surface area contributed by atoms with Crippen molar-refractivity contribution in [1.82, 2.24) is 20.1 Å². The van der Waals surface area contributed by atoms with Gasteiger partial charge in [-0.3, -0.25) is 14.5 Å². The first kappa shape index (κ1) is 19.7. The van der Waals surface area contributed by atoms with Crippen LogP contribution in [0.1, 0.15) is 12.0 Å². The van der Waals surface area contributed by atoms with Gasteiger partial charge in [0.15, 0.2) is 0 Å². The van der Waals surface area contributed by atoms with Crippen molar-refractivity contribution in [1.29, 1.82) is 0 Å². The minimum atomic E-state index is -0.805. The Kier molecular flexibility index (Phi) is 5.79. The van der Waals surface area contributed by atoms with Gasteiger partial charge >= 0.3 is 6.03 Å². The van der Waals surface area contributed by atoms with E-state index in [4.69, 9.17) is 0 Å². The van der Waals surface area contributed by atoms with Crippen LogP contribution in [0.3, 0.4) is 0 Å². The molecular formula is C23H24N4O3. The smallest absolute Gasteiger partial charge is 0.324 e. The molecule has 2 N–H and O–H groups in total. The second kappa shape index (κ2) is 8.82. The predicted molar refractivity (Wildman–Crippen MR) is 114 cm³/mol. The lowest BCUT2D eigenvalue weighted by Gasteiger charge is -2.13. The highest BCUT2D eigenvalue weighted by molar-refractivity contribution is 6.05. The summed E-state index contributed by atoms with van der Waals surface area (Å²) in [5.41, 5.74) is 2.16. The molecule has 1 atom stereocenters. The van der Waals surface area contributed by atoms with Crippen LogP contribution in [0.2, 0.25) is 0 Å². The van der Waals surface area contributed by atoms with Crippen LogP contribution in [0.15, 0.2) is 66.9 Å². The van der Waals surface area contributed by atoms with E-state index in [2.05, 4.69) is 15.2 Å². The second-order valence-corrected chi connectivity index (χ2v) is 7.35. The van der Waals surface area contributed by atoms with Crippen LogP contribution in [0.25, 0.3) is 10.9 Å². The maximum Gasteiger partial charge on any atom is 0.324 e. The Hall–Kier alpha value is -3.61. The maximum atomic E-state index is 12.5. The minimum Gasteiger partial charge on any atom is -0.354 e. The van der Waals surface area contributed by atoms with Crippen LogP contribution >= 0.6 is 0 Å². The van der Waals surface area contributed by atoms with Gasteiger partial charge in [-0.2, -0.15) is 0 Å². The highest BCUT2D eigenvalue weighted by Crippen LogP contribution is 2.15. The first-order valence-electron chi connectivity index (χ1n) is 10.1. The Morgan fingerprint density at radius 2 is 1.73 bits per heavy atom. The Labute approximate surface area is 174 Å². The summed E-state index contributed by atoms with van der Waals surface area (Å²) in [5.74, 6) is -0.600. The molecule has 3 aromatic rings. The number of aromatic nitrogens is 1. The lowest BCUT2D eigenvalue weighted by atomic mass is 10.1. The molecule has 1 unspecified atom stereocenters. The van der Waals surface area contributed by atoms with E-state index in [1.165, 1.54) is 4.90 Å². The van der Waals surface area contributed by atoms with Crippen molar-refractivity contribution in [3.63, 3.8) is 0 Å². The zero-order valence-electron chi connectivity index (χ0n) is 16.6. The summed E-state index contributed by atoms with van der Waals surface area (Å²) in [6.07, 6.45) is 2.52. The van der Waals surface area contributed by atoms with E-state index in [1.54, 1.807) is 0 Å². The molecule has 0 bridgehead atoms. The first-order chi connectivity index (χ1) is 14.6. The summed E-state index contributed by atoms with van der Waals surface area (Å²) in [6.45, 7) is 1.38. The molecule has 30 heavy (non-hydrogen) atoms. The summed E-state index contributed by atoms with van der Waals surface area (Å²) in [7, 11) is 0. The standard InChI is InChI=1S/C23H24N4O3/c28-21(24-12-15-26-13-11-18-8-4-5-9-20(18)26)16-19-22(29)27(23(30)25-19)14-10-17-6-2-1-3-7-17/h1-9,11,13,19H,10,12,14-16H2,(H,24,28)(H,25,30). The molecule has 1 saturated heterocycles. The number of para-hydroxylation sites is 1. The number of hydrogen-bond acceptors (Lipinski definition) is 3. The number of imide groups is 1. The number of carbonyl (C=O) groups is 3. The van der Waals surface area contributed by atoms with Crippen LogP contribution in [-0.4, -0.2) is 46.4 Å². The molecule has 4 rings (SSSR count). The number of hydrogen-bond donors (Lipinski definition) is 2. The summed E-state index contributed by atoms with van der Waals surface area (Å²) >= 11 is 0. The number of benzene rings is 2. The Balaban J connectivity index is 1.25. The van der Waals surface area contributed by atoms with Crippen molar-refractivity contribution >= 4 is 28.7 Å². The largest absolute Gasteiger partial charge is 0.354 e. The van der Waals surface area contributed by atoms with E-state index in [0.717, 1.165) is 16.5 Å². The molecule has 4 amide bonds. The van der Waals surface area contributed by atoms with Gasteiger partial charge in [0, 0.05) is 31.3 Å². The number of urea groups is 1. The van der Waals surface area contributed by atoms with Gasteiger partial charge in [0.05, 0.1) is 6.42 Å². The summed E-state index contributed by atoms with van der Waals surface area (Å²) in [5, 5.41) is 6.61. The fourth-order valence-corrected chi connectivity index (χ4v) is 3.72. The quantitative estimate of drug-likeness (QED) is 0.565. The van der Waals surface area contributed by atoms with Crippen molar-refractivity contribution in [2.45, 2.75) is 25.4 Å². The van der Waals surface area contributed by atoms with Crippen LogP contribution in [0.5, 0.6) is 0 Å². The topological polar surface area (TPSA) is 83.4 Å². The van der Waals surface area contributed by atoms with Crippen LogP contribution < -0.4 is 10.6 Å². The number of nitrogens with zero attached hydrogens (tertiary/aromatic N) is 2. The zero-order chi connectivity index (χ0) is 20.9. The Morgan fingerprint density at radius 3 is 2.57 bits per heavy atom. The third kappa shape index (κ3) is 4.35. The van der Waals surface area contributed by atoms with E-state index >= 15 is 0 Å². The summed E-state index contributed by atoms with van der Waals surface area (Å²) in [6, 6.07) is 18.5. The molecule has 1 aromatic heterocycles. The van der Waals surface area contributed by atoms with Gasteiger partial charge < -0.3 is 15.2 Å². The van der Waals surface area contributed by atoms with Crippen molar-refractivity contribution in [3.05, 3.63) is 72.4 Å². The SMILES string of the molecule is O=C(CC1NC(=O)N(CCc2ccccc2)C1=O)NCCn1ccc2ccccc21. The molecular weight excluding hydrogens is 380 g/mol.